The van der Waals surface area contributed by atoms with Gasteiger partial charge in [0.25, 0.3) is 5.56 Å². The molecule has 43 heavy (non-hydrogen) atoms. The molecule has 0 aliphatic carbocycles. The zero-order chi connectivity index (χ0) is 30.9. The van der Waals surface area contributed by atoms with E-state index in [0.29, 0.717) is 5.56 Å². The molecule has 0 spiro atoms. The van der Waals surface area contributed by atoms with Gasteiger partial charge >= 0.3 is 5.69 Å². The molecule has 2 heterocycles. The van der Waals surface area contributed by atoms with E-state index in [-0.39, 0.29) is 49.7 Å². The molecule has 4 aromatic rings. The lowest BCUT2D eigenvalue weighted by Crippen LogP contribution is -2.52. The quantitative estimate of drug-likeness (QED) is 0.327. The van der Waals surface area contributed by atoms with E-state index in [1.165, 1.54) is 31.2 Å². The number of sulfonamides is 1. The fourth-order valence-corrected chi connectivity index (χ4v) is 6.77. The van der Waals surface area contributed by atoms with Gasteiger partial charge < -0.3 is 10.6 Å². The molecule has 9 nitrogen and oxygen atoms in total. The number of nitrogens with zero attached hydrogens (tertiary/aromatic N) is 4. The molecule has 3 aromatic carbocycles. The maximum Gasteiger partial charge on any atom is 0.331 e. The third-order valence-corrected chi connectivity index (χ3v) is 9.58. The van der Waals surface area contributed by atoms with Crippen LogP contribution in [0, 0.1) is 24.4 Å². The number of benzene rings is 3. The van der Waals surface area contributed by atoms with Crippen LogP contribution >= 0.6 is 0 Å². The SMILES string of the molecule is Cc1c(N2CCN(S(=O)(=O)c3ccccc3F)CC2)c(=O)n(C[C@H](N)c2ccccc2)c(=O)n1Cc1c(F)cccc1F. The lowest BCUT2D eigenvalue weighted by atomic mass is 10.1. The molecule has 1 aliphatic rings. The number of aromatic nitrogens is 2. The minimum absolute atomic E-state index is 0.0424. The summed E-state index contributed by atoms with van der Waals surface area (Å²) in [6.07, 6.45) is 0. The van der Waals surface area contributed by atoms with Crippen molar-refractivity contribution in [2.75, 3.05) is 31.1 Å². The summed E-state index contributed by atoms with van der Waals surface area (Å²) in [6, 6.07) is 16.6. The first-order valence-corrected chi connectivity index (χ1v) is 15.0. The van der Waals surface area contributed by atoms with Gasteiger partial charge in [-0.25, -0.2) is 26.4 Å². The van der Waals surface area contributed by atoms with E-state index in [2.05, 4.69) is 0 Å². The van der Waals surface area contributed by atoms with Gasteiger partial charge in [0, 0.05) is 43.5 Å². The van der Waals surface area contributed by atoms with Crippen molar-refractivity contribution in [1.82, 2.24) is 13.4 Å². The van der Waals surface area contributed by atoms with E-state index in [4.69, 9.17) is 5.73 Å². The molecule has 5 rings (SSSR count). The molecule has 13 heteroatoms. The average Bonchev–Trinajstić information content (AvgIpc) is 2.99. The molecule has 226 valence electrons. The third kappa shape index (κ3) is 5.88. The van der Waals surface area contributed by atoms with Gasteiger partial charge in [0.1, 0.15) is 28.0 Å². The summed E-state index contributed by atoms with van der Waals surface area (Å²) in [5, 5.41) is 0. The molecule has 1 aromatic heterocycles. The van der Waals surface area contributed by atoms with Crippen LogP contribution in [0.3, 0.4) is 0 Å². The number of hydrogen-bond acceptors (Lipinski definition) is 6. The number of hydrogen-bond donors (Lipinski definition) is 1. The molecule has 0 saturated carbocycles. The number of halogens is 3. The van der Waals surface area contributed by atoms with Crippen LogP contribution in [0.15, 0.2) is 87.3 Å². The monoisotopic (exact) mass is 613 g/mol. The predicted molar refractivity (Wildman–Crippen MR) is 156 cm³/mol. The molecule has 1 fully saturated rings. The van der Waals surface area contributed by atoms with E-state index in [1.54, 1.807) is 35.2 Å². The molecule has 0 unspecified atom stereocenters. The van der Waals surface area contributed by atoms with E-state index in [9.17, 15) is 31.2 Å². The number of piperazine rings is 1. The highest BCUT2D eigenvalue weighted by molar-refractivity contribution is 7.89. The molecule has 0 amide bonds. The highest BCUT2D eigenvalue weighted by Crippen LogP contribution is 2.24. The largest absolute Gasteiger partial charge is 0.363 e. The Morgan fingerprint density at radius 3 is 2.00 bits per heavy atom. The van der Waals surface area contributed by atoms with Gasteiger partial charge in [-0.3, -0.25) is 13.9 Å². The molecule has 0 radical (unpaired) electrons. The van der Waals surface area contributed by atoms with Crippen LogP contribution in [0.4, 0.5) is 18.9 Å². The predicted octanol–water partition coefficient (Wildman–Crippen LogP) is 2.99. The van der Waals surface area contributed by atoms with E-state index >= 15 is 0 Å². The minimum atomic E-state index is -4.15. The van der Waals surface area contributed by atoms with Gasteiger partial charge in [0.2, 0.25) is 10.0 Å². The smallest absolute Gasteiger partial charge is 0.331 e. The topological polar surface area (TPSA) is 111 Å². The number of anilines is 1. The first kappa shape index (κ1) is 30.3. The standard InChI is InChI=1S/C30H30F3N5O4S/c1-20-28(35-14-16-36(17-15-35)43(41,42)27-13-6-5-10-25(27)33)29(39)38(19-26(34)21-8-3-2-4-9-21)30(40)37(20)18-22-23(31)11-7-12-24(22)32/h2-13,26H,14-19,34H2,1H3/t26-/m0/s1. The molecule has 2 N–H and O–H groups in total. The average molecular weight is 614 g/mol. The van der Waals surface area contributed by atoms with Crippen LogP contribution in [0.1, 0.15) is 22.9 Å². The van der Waals surface area contributed by atoms with Crippen molar-refractivity contribution in [2.24, 2.45) is 5.73 Å². The summed E-state index contributed by atoms with van der Waals surface area (Å²) in [5.74, 6) is -2.57. The van der Waals surface area contributed by atoms with E-state index < -0.39 is 56.2 Å². The first-order valence-electron chi connectivity index (χ1n) is 13.6. The number of nitrogens with two attached hydrogens (primary N) is 1. The Morgan fingerprint density at radius 1 is 0.791 bits per heavy atom. The zero-order valence-corrected chi connectivity index (χ0v) is 24.1. The van der Waals surface area contributed by atoms with Crippen LogP contribution in [0.25, 0.3) is 0 Å². The van der Waals surface area contributed by atoms with Crippen molar-refractivity contribution < 1.29 is 21.6 Å². The van der Waals surface area contributed by atoms with Gasteiger partial charge in [-0.05, 0) is 36.8 Å². The molecular formula is C30H30F3N5O4S. The summed E-state index contributed by atoms with van der Waals surface area (Å²) in [6.45, 7) is 0.748. The van der Waals surface area contributed by atoms with Gasteiger partial charge in [0.05, 0.1) is 13.1 Å². The molecular weight excluding hydrogens is 583 g/mol. The van der Waals surface area contributed by atoms with Crippen molar-refractivity contribution in [3.05, 3.63) is 128 Å². The maximum absolute atomic E-state index is 14.6. The Hall–Kier alpha value is -4.20. The summed E-state index contributed by atoms with van der Waals surface area (Å²) in [5.41, 5.74) is 5.49. The van der Waals surface area contributed by atoms with Crippen LogP contribution in [0.2, 0.25) is 0 Å². The fraction of sp³-hybridized carbons (Fsp3) is 0.267. The van der Waals surface area contributed by atoms with Crippen LogP contribution in [-0.2, 0) is 23.1 Å². The normalized spacial score (nSPS) is 15.0. The van der Waals surface area contributed by atoms with Crippen LogP contribution in [0.5, 0.6) is 0 Å². The van der Waals surface area contributed by atoms with Crippen molar-refractivity contribution in [3.8, 4) is 0 Å². The van der Waals surface area contributed by atoms with Gasteiger partial charge in [-0.1, -0.05) is 48.5 Å². The fourth-order valence-electron chi connectivity index (χ4n) is 5.29. The summed E-state index contributed by atoms with van der Waals surface area (Å²) < 4.78 is 73.1. The van der Waals surface area contributed by atoms with E-state index in [0.717, 1.165) is 31.6 Å². The zero-order valence-electron chi connectivity index (χ0n) is 23.3. The van der Waals surface area contributed by atoms with Gasteiger partial charge in [-0.15, -0.1) is 0 Å². The Kier molecular flexibility index (Phi) is 8.58. The second kappa shape index (κ2) is 12.2. The molecule has 0 bridgehead atoms. The Bertz CT molecular complexity index is 1850. The lowest BCUT2D eigenvalue weighted by molar-refractivity contribution is 0.380. The van der Waals surface area contributed by atoms with Crippen molar-refractivity contribution in [1.29, 1.82) is 0 Å². The Morgan fingerprint density at radius 2 is 1.37 bits per heavy atom. The summed E-state index contributed by atoms with van der Waals surface area (Å²) in [7, 11) is -4.15. The van der Waals surface area contributed by atoms with Crippen molar-refractivity contribution in [3.63, 3.8) is 0 Å². The Balaban J connectivity index is 1.54. The second-order valence-corrected chi connectivity index (χ2v) is 12.2. The van der Waals surface area contributed by atoms with Gasteiger partial charge in [0.15, 0.2) is 0 Å². The minimum Gasteiger partial charge on any atom is -0.363 e. The van der Waals surface area contributed by atoms with Crippen LogP contribution in [-0.4, -0.2) is 48.0 Å². The highest BCUT2D eigenvalue weighted by Gasteiger charge is 2.33. The molecule has 1 aliphatic heterocycles. The summed E-state index contributed by atoms with van der Waals surface area (Å²) in [4.78, 5) is 28.8. The van der Waals surface area contributed by atoms with Gasteiger partial charge in [-0.2, -0.15) is 4.31 Å². The molecule has 1 atom stereocenters. The van der Waals surface area contributed by atoms with E-state index in [1.807, 2.05) is 0 Å². The molecule has 1 saturated heterocycles. The van der Waals surface area contributed by atoms with Crippen molar-refractivity contribution in [2.45, 2.75) is 31.0 Å². The van der Waals surface area contributed by atoms with Crippen molar-refractivity contribution >= 4 is 15.7 Å². The first-order chi connectivity index (χ1) is 20.5. The third-order valence-electron chi connectivity index (χ3n) is 7.65. The highest BCUT2D eigenvalue weighted by atomic mass is 32.2. The maximum atomic E-state index is 14.6. The second-order valence-electron chi connectivity index (χ2n) is 10.3. The number of rotatable bonds is 8. The summed E-state index contributed by atoms with van der Waals surface area (Å²) >= 11 is 0. The lowest BCUT2D eigenvalue weighted by Gasteiger charge is -2.36. The van der Waals surface area contributed by atoms with Crippen LogP contribution < -0.4 is 21.9 Å². The Labute approximate surface area is 246 Å².